The van der Waals surface area contributed by atoms with Crippen molar-refractivity contribution >= 4 is 23.4 Å². The molecule has 0 fully saturated rings. The summed E-state index contributed by atoms with van der Waals surface area (Å²) in [6.45, 7) is 3.23. The Kier molecular flexibility index (Phi) is 4.20. The number of hydrogen-bond donors (Lipinski definition) is 1. The highest BCUT2D eigenvalue weighted by Gasteiger charge is 2.41. The van der Waals surface area contributed by atoms with Crippen LogP contribution in [0.15, 0.2) is 18.2 Å². The standard InChI is InChI=1S/C14H15N3O5/c1-3-8(2)15-11(18)7-16-13(19)9-5-4-6-10(17(21)22)12(9)14(16)20/h4-6,8H,3,7H2,1-2H3,(H,15,18)/t8-/m1/s1. The lowest BCUT2D eigenvalue weighted by molar-refractivity contribution is -0.385. The summed E-state index contributed by atoms with van der Waals surface area (Å²) in [5.74, 6) is -1.99. The highest BCUT2D eigenvalue weighted by molar-refractivity contribution is 6.24. The van der Waals surface area contributed by atoms with Gasteiger partial charge in [-0.15, -0.1) is 0 Å². The third-order valence-electron chi connectivity index (χ3n) is 3.50. The van der Waals surface area contributed by atoms with Gasteiger partial charge in [-0.25, -0.2) is 0 Å². The van der Waals surface area contributed by atoms with E-state index in [1.165, 1.54) is 12.1 Å². The normalized spacial score (nSPS) is 14.7. The largest absolute Gasteiger partial charge is 0.352 e. The molecule has 1 N–H and O–H groups in total. The maximum Gasteiger partial charge on any atom is 0.282 e. The van der Waals surface area contributed by atoms with Crippen molar-refractivity contribution in [2.45, 2.75) is 26.3 Å². The zero-order chi connectivity index (χ0) is 16.4. The molecule has 0 radical (unpaired) electrons. The summed E-state index contributed by atoms with van der Waals surface area (Å²) in [5.41, 5.74) is -0.731. The number of rotatable bonds is 5. The predicted octanol–water partition coefficient (Wildman–Crippen LogP) is 1.11. The Hall–Kier alpha value is -2.77. The van der Waals surface area contributed by atoms with Gasteiger partial charge in [0.2, 0.25) is 5.91 Å². The number of nitro benzene ring substituents is 1. The van der Waals surface area contributed by atoms with Crippen molar-refractivity contribution in [2.24, 2.45) is 0 Å². The quantitative estimate of drug-likeness (QED) is 0.497. The molecule has 3 amide bonds. The topological polar surface area (TPSA) is 110 Å². The molecule has 0 aromatic heterocycles. The fourth-order valence-corrected chi connectivity index (χ4v) is 2.18. The van der Waals surface area contributed by atoms with Gasteiger partial charge in [0.15, 0.2) is 0 Å². The van der Waals surface area contributed by atoms with Crippen molar-refractivity contribution < 1.29 is 19.3 Å². The minimum Gasteiger partial charge on any atom is -0.352 e. The maximum atomic E-state index is 12.2. The van der Waals surface area contributed by atoms with E-state index < -0.39 is 34.9 Å². The maximum absolute atomic E-state index is 12.2. The van der Waals surface area contributed by atoms with Gasteiger partial charge in [0.1, 0.15) is 12.1 Å². The monoisotopic (exact) mass is 305 g/mol. The second-order valence-electron chi connectivity index (χ2n) is 5.03. The second-order valence-corrected chi connectivity index (χ2v) is 5.03. The van der Waals surface area contributed by atoms with Crippen LogP contribution in [0.1, 0.15) is 41.0 Å². The molecule has 1 aromatic carbocycles. The van der Waals surface area contributed by atoms with Crippen LogP contribution in [0, 0.1) is 10.1 Å². The summed E-state index contributed by atoms with van der Waals surface area (Å²) in [6.07, 6.45) is 0.708. The molecule has 0 saturated heterocycles. The average Bonchev–Trinajstić information content (AvgIpc) is 2.72. The Balaban J connectivity index is 2.26. The molecule has 1 aromatic rings. The Labute approximate surface area is 126 Å². The average molecular weight is 305 g/mol. The number of carbonyl (C=O) groups is 3. The third-order valence-corrected chi connectivity index (χ3v) is 3.50. The lowest BCUT2D eigenvalue weighted by atomic mass is 10.1. The van der Waals surface area contributed by atoms with Gasteiger partial charge in [-0.3, -0.25) is 29.4 Å². The first-order valence-electron chi connectivity index (χ1n) is 6.79. The smallest absolute Gasteiger partial charge is 0.282 e. The van der Waals surface area contributed by atoms with Crippen LogP contribution in [-0.4, -0.2) is 40.1 Å². The van der Waals surface area contributed by atoms with Crippen molar-refractivity contribution in [1.29, 1.82) is 0 Å². The van der Waals surface area contributed by atoms with Crippen LogP contribution in [0.3, 0.4) is 0 Å². The Bertz CT molecular complexity index is 670. The van der Waals surface area contributed by atoms with Gasteiger partial charge in [0, 0.05) is 12.1 Å². The first-order valence-corrected chi connectivity index (χ1v) is 6.79. The molecule has 0 spiro atoms. The SMILES string of the molecule is CC[C@@H](C)NC(=O)CN1C(=O)c2cccc([N+](=O)[O-])c2C1=O. The van der Waals surface area contributed by atoms with Crippen LogP contribution in [0.4, 0.5) is 5.69 Å². The summed E-state index contributed by atoms with van der Waals surface area (Å²) in [7, 11) is 0. The third kappa shape index (κ3) is 2.67. The van der Waals surface area contributed by atoms with Crippen LogP contribution >= 0.6 is 0 Å². The highest BCUT2D eigenvalue weighted by atomic mass is 16.6. The van der Waals surface area contributed by atoms with E-state index in [0.29, 0.717) is 6.42 Å². The molecule has 1 aliphatic rings. The number of amides is 3. The molecule has 116 valence electrons. The Morgan fingerprint density at radius 1 is 1.36 bits per heavy atom. The zero-order valence-electron chi connectivity index (χ0n) is 12.2. The summed E-state index contributed by atoms with van der Waals surface area (Å²) >= 11 is 0. The number of nitro groups is 1. The van der Waals surface area contributed by atoms with Crippen molar-refractivity contribution in [3.8, 4) is 0 Å². The molecule has 0 unspecified atom stereocenters. The van der Waals surface area contributed by atoms with E-state index in [0.717, 1.165) is 11.0 Å². The zero-order valence-corrected chi connectivity index (χ0v) is 12.2. The van der Waals surface area contributed by atoms with Crippen molar-refractivity contribution in [2.75, 3.05) is 6.54 Å². The van der Waals surface area contributed by atoms with E-state index in [1.807, 2.05) is 6.92 Å². The Morgan fingerprint density at radius 2 is 2.05 bits per heavy atom. The molecular formula is C14H15N3O5. The van der Waals surface area contributed by atoms with Gasteiger partial charge in [-0.1, -0.05) is 13.0 Å². The molecule has 2 rings (SSSR count). The molecule has 0 saturated carbocycles. The van der Waals surface area contributed by atoms with Gasteiger partial charge >= 0.3 is 0 Å². The molecular weight excluding hydrogens is 290 g/mol. The molecule has 8 heteroatoms. The van der Waals surface area contributed by atoms with Crippen molar-refractivity contribution in [1.82, 2.24) is 10.2 Å². The fraction of sp³-hybridized carbons (Fsp3) is 0.357. The van der Waals surface area contributed by atoms with E-state index in [1.54, 1.807) is 6.92 Å². The van der Waals surface area contributed by atoms with Crippen LogP contribution in [0.2, 0.25) is 0 Å². The van der Waals surface area contributed by atoms with Gasteiger partial charge < -0.3 is 5.32 Å². The molecule has 0 bridgehead atoms. The van der Waals surface area contributed by atoms with Gasteiger partial charge in [-0.05, 0) is 19.4 Å². The van der Waals surface area contributed by atoms with Crippen molar-refractivity contribution in [3.63, 3.8) is 0 Å². The van der Waals surface area contributed by atoms with E-state index in [2.05, 4.69) is 5.32 Å². The molecule has 1 heterocycles. The number of nitrogens with zero attached hydrogens (tertiary/aromatic N) is 2. The van der Waals surface area contributed by atoms with E-state index >= 15 is 0 Å². The summed E-state index contributed by atoms with van der Waals surface area (Å²) in [4.78, 5) is 47.2. The lowest BCUT2D eigenvalue weighted by Crippen LogP contribution is -2.43. The van der Waals surface area contributed by atoms with Gasteiger partial charge in [-0.2, -0.15) is 0 Å². The minimum atomic E-state index is -0.813. The molecule has 1 aliphatic heterocycles. The van der Waals surface area contributed by atoms with E-state index in [4.69, 9.17) is 0 Å². The highest BCUT2D eigenvalue weighted by Crippen LogP contribution is 2.30. The van der Waals surface area contributed by atoms with Gasteiger partial charge in [0.25, 0.3) is 17.5 Å². The number of fused-ring (bicyclic) bond motifs is 1. The first-order chi connectivity index (χ1) is 10.4. The van der Waals surface area contributed by atoms with Gasteiger partial charge in [0.05, 0.1) is 10.5 Å². The molecule has 8 nitrogen and oxygen atoms in total. The lowest BCUT2D eigenvalue weighted by Gasteiger charge is -2.16. The minimum absolute atomic E-state index is 0.0458. The second kappa shape index (κ2) is 5.92. The number of benzene rings is 1. The number of imide groups is 1. The fourth-order valence-electron chi connectivity index (χ4n) is 2.18. The molecule has 1 atom stereocenters. The van der Waals surface area contributed by atoms with Crippen molar-refractivity contribution in [3.05, 3.63) is 39.4 Å². The molecule has 22 heavy (non-hydrogen) atoms. The van der Waals surface area contributed by atoms with E-state index in [9.17, 15) is 24.5 Å². The van der Waals surface area contributed by atoms with Crippen LogP contribution in [-0.2, 0) is 4.79 Å². The number of hydrogen-bond acceptors (Lipinski definition) is 5. The van der Waals surface area contributed by atoms with Crippen LogP contribution < -0.4 is 5.32 Å². The summed E-state index contributed by atoms with van der Waals surface area (Å²) in [5, 5.41) is 13.6. The summed E-state index contributed by atoms with van der Waals surface area (Å²) < 4.78 is 0. The number of carbonyl (C=O) groups excluding carboxylic acids is 3. The number of nitrogens with one attached hydrogen (secondary N) is 1. The van der Waals surface area contributed by atoms with Crippen LogP contribution in [0.5, 0.6) is 0 Å². The Morgan fingerprint density at radius 3 is 2.64 bits per heavy atom. The van der Waals surface area contributed by atoms with E-state index in [-0.39, 0.29) is 17.2 Å². The predicted molar refractivity (Wildman–Crippen MR) is 76.4 cm³/mol. The first kappa shape index (κ1) is 15.6. The molecule has 0 aliphatic carbocycles. The summed E-state index contributed by atoms with van der Waals surface area (Å²) in [6, 6.07) is 3.75. The van der Waals surface area contributed by atoms with Crippen LogP contribution in [0.25, 0.3) is 0 Å².